The Kier molecular flexibility index (Phi) is 5.79. The van der Waals surface area contributed by atoms with E-state index in [1.165, 1.54) is 6.07 Å². The van der Waals surface area contributed by atoms with Crippen LogP contribution in [0.5, 0.6) is 0 Å². The van der Waals surface area contributed by atoms with E-state index in [0.29, 0.717) is 41.7 Å². The van der Waals surface area contributed by atoms with Crippen molar-refractivity contribution in [1.82, 2.24) is 18.7 Å². The first-order chi connectivity index (χ1) is 16.0. The Morgan fingerprint density at radius 1 is 1.00 bits per heavy atom. The van der Waals surface area contributed by atoms with Crippen molar-refractivity contribution in [1.29, 1.82) is 0 Å². The molecule has 1 aliphatic heterocycles. The highest BCUT2D eigenvalue weighted by molar-refractivity contribution is 7.93. The molecular weight excluding hydrogens is 462 g/mol. The van der Waals surface area contributed by atoms with Gasteiger partial charge < -0.3 is 15.0 Å². The average Bonchev–Trinajstić information content (AvgIpc) is 3.29. The zero-order valence-electron chi connectivity index (χ0n) is 17.7. The number of morpholine rings is 1. The molecule has 12 heteroatoms. The summed E-state index contributed by atoms with van der Waals surface area (Å²) in [5.41, 5.74) is 2.98. The van der Waals surface area contributed by atoms with Crippen LogP contribution in [0, 0.1) is 6.92 Å². The molecule has 0 unspecified atom stereocenters. The van der Waals surface area contributed by atoms with Crippen LogP contribution in [0.15, 0.2) is 53.4 Å². The molecule has 1 saturated heterocycles. The molecule has 10 nitrogen and oxygen atoms in total. The first-order valence-corrected chi connectivity index (χ1v) is 12.5. The normalized spacial score (nSPS) is 14.4. The summed E-state index contributed by atoms with van der Waals surface area (Å²) in [6.07, 6.45) is 0. The molecule has 1 aliphatic rings. The number of ether oxygens (including phenoxy) is 1. The molecule has 0 bridgehead atoms. The second-order valence-corrected chi connectivity index (χ2v) is 9.67. The number of nitrogens with one attached hydrogen (secondary N) is 2. The van der Waals surface area contributed by atoms with Gasteiger partial charge in [0, 0.05) is 36.2 Å². The first kappa shape index (κ1) is 21.5. The van der Waals surface area contributed by atoms with E-state index in [2.05, 4.69) is 33.7 Å². The summed E-state index contributed by atoms with van der Waals surface area (Å²) in [7, 11) is -3.81. The van der Waals surface area contributed by atoms with Crippen molar-refractivity contribution < 1.29 is 13.2 Å². The van der Waals surface area contributed by atoms with Gasteiger partial charge in [-0.05, 0) is 43.3 Å². The third kappa shape index (κ3) is 4.72. The summed E-state index contributed by atoms with van der Waals surface area (Å²) in [5, 5.41) is 3.26. The molecule has 33 heavy (non-hydrogen) atoms. The first-order valence-electron chi connectivity index (χ1n) is 10.3. The van der Waals surface area contributed by atoms with Crippen LogP contribution in [0.2, 0.25) is 0 Å². The Hall–Kier alpha value is -3.35. The van der Waals surface area contributed by atoms with Gasteiger partial charge in [-0.2, -0.15) is 13.7 Å². The van der Waals surface area contributed by atoms with Crippen molar-refractivity contribution in [3.8, 4) is 0 Å². The maximum Gasteiger partial charge on any atom is 0.264 e. The zero-order valence-corrected chi connectivity index (χ0v) is 19.4. The third-order valence-corrected chi connectivity index (χ3v) is 7.04. The lowest BCUT2D eigenvalue weighted by atomic mass is 10.3. The van der Waals surface area contributed by atoms with Crippen LogP contribution in [0.1, 0.15) is 5.69 Å². The summed E-state index contributed by atoms with van der Waals surface area (Å²) >= 11 is 0.983. The maximum absolute atomic E-state index is 12.9. The number of nitrogens with zero attached hydrogens (tertiary/aromatic N) is 5. The number of aromatic nitrogens is 4. The molecule has 0 radical (unpaired) electrons. The van der Waals surface area contributed by atoms with Crippen LogP contribution < -0.4 is 14.9 Å². The summed E-state index contributed by atoms with van der Waals surface area (Å²) in [6, 6.07) is 13.7. The average molecular weight is 484 g/mol. The van der Waals surface area contributed by atoms with Gasteiger partial charge in [0.1, 0.15) is 21.7 Å². The number of anilines is 4. The number of rotatable bonds is 6. The van der Waals surface area contributed by atoms with Gasteiger partial charge in [0.05, 0.1) is 24.9 Å². The summed E-state index contributed by atoms with van der Waals surface area (Å²) in [6.45, 7) is 4.74. The lowest BCUT2D eigenvalue weighted by Gasteiger charge is -2.27. The van der Waals surface area contributed by atoms with Crippen LogP contribution in [0.25, 0.3) is 11.0 Å². The Labute approximate surface area is 195 Å². The van der Waals surface area contributed by atoms with Gasteiger partial charge >= 0.3 is 0 Å². The minimum atomic E-state index is -3.81. The summed E-state index contributed by atoms with van der Waals surface area (Å²) < 4.78 is 42.0. The van der Waals surface area contributed by atoms with E-state index >= 15 is 0 Å². The Morgan fingerprint density at radius 2 is 1.76 bits per heavy atom. The lowest BCUT2D eigenvalue weighted by molar-refractivity contribution is 0.122. The molecule has 0 atom stereocenters. The number of benzene rings is 2. The van der Waals surface area contributed by atoms with Crippen LogP contribution in [-0.4, -0.2) is 53.4 Å². The molecule has 4 aromatic rings. The number of hydrogen-bond donors (Lipinski definition) is 2. The van der Waals surface area contributed by atoms with E-state index in [9.17, 15) is 8.42 Å². The molecule has 0 saturated carbocycles. The summed E-state index contributed by atoms with van der Waals surface area (Å²) in [4.78, 5) is 11.4. The predicted octanol–water partition coefficient (Wildman–Crippen LogP) is 3.17. The van der Waals surface area contributed by atoms with E-state index in [4.69, 9.17) is 4.74 Å². The maximum atomic E-state index is 12.9. The van der Waals surface area contributed by atoms with E-state index in [-0.39, 0.29) is 4.90 Å². The van der Waals surface area contributed by atoms with Crippen molar-refractivity contribution in [2.75, 3.05) is 41.2 Å². The quantitative estimate of drug-likeness (QED) is 0.426. The molecular formula is C21H21N7O3S2. The van der Waals surface area contributed by atoms with Crippen molar-refractivity contribution in [2.45, 2.75) is 11.8 Å². The number of aryl methyl sites for hydroxylation is 1. The summed E-state index contributed by atoms with van der Waals surface area (Å²) in [5.74, 6) is 1.33. The van der Waals surface area contributed by atoms with Gasteiger partial charge in [0.15, 0.2) is 0 Å². The van der Waals surface area contributed by atoms with Gasteiger partial charge in [-0.3, -0.25) is 4.72 Å². The Bertz CT molecular complexity index is 1380. The smallest absolute Gasteiger partial charge is 0.264 e. The highest BCUT2D eigenvalue weighted by atomic mass is 32.2. The van der Waals surface area contributed by atoms with Gasteiger partial charge in [-0.25, -0.2) is 13.4 Å². The van der Waals surface area contributed by atoms with E-state index in [1.54, 1.807) is 36.4 Å². The topological polar surface area (TPSA) is 122 Å². The molecule has 0 aliphatic carbocycles. The van der Waals surface area contributed by atoms with Crippen LogP contribution in [0.3, 0.4) is 0 Å². The minimum absolute atomic E-state index is 0.100. The molecule has 1 fully saturated rings. The third-order valence-electron chi connectivity index (χ3n) is 5.08. The van der Waals surface area contributed by atoms with Crippen LogP contribution in [0.4, 0.5) is 23.1 Å². The zero-order chi connectivity index (χ0) is 22.8. The second-order valence-electron chi connectivity index (χ2n) is 7.49. The van der Waals surface area contributed by atoms with Crippen molar-refractivity contribution in [3.63, 3.8) is 0 Å². The molecule has 0 amide bonds. The van der Waals surface area contributed by atoms with Gasteiger partial charge in [0.2, 0.25) is 5.95 Å². The van der Waals surface area contributed by atoms with Gasteiger partial charge in [-0.1, -0.05) is 6.07 Å². The fourth-order valence-electron chi connectivity index (χ4n) is 3.50. The molecule has 2 aromatic heterocycles. The van der Waals surface area contributed by atoms with Crippen molar-refractivity contribution in [3.05, 3.63) is 54.2 Å². The Morgan fingerprint density at radius 3 is 2.55 bits per heavy atom. The standard InChI is InChI=1S/C21H21N7O3S2/c1-14-13-19(24-21(22-14)28-9-11-31-12-10-28)23-15-5-7-16(8-6-15)27-33(29,30)18-4-2-3-17-20(18)26-32-25-17/h2-8,13,27H,9-12H2,1H3,(H,22,23,24). The van der Waals surface area contributed by atoms with Gasteiger partial charge in [-0.15, -0.1) is 0 Å². The molecule has 0 spiro atoms. The van der Waals surface area contributed by atoms with Crippen LogP contribution in [-0.2, 0) is 14.8 Å². The number of sulfonamides is 1. The van der Waals surface area contributed by atoms with E-state index in [0.717, 1.165) is 36.2 Å². The Balaban J connectivity index is 1.32. The SMILES string of the molecule is Cc1cc(Nc2ccc(NS(=O)(=O)c3cccc4nsnc34)cc2)nc(N2CCOCC2)n1. The lowest BCUT2D eigenvalue weighted by Crippen LogP contribution is -2.37. The molecule has 2 aromatic carbocycles. The largest absolute Gasteiger partial charge is 0.378 e. The fourth-order valence-corrected chi connectivity index (χ4v) is 5.33. The monoisotopic (exact) mass is 483 g/mol. The van der Waals surface area contributed by atoms with E-state index in [1.807, 2.05) is 13.0 Å². The molecule has 170 valence electrons. The van der Waals surface area contributed by atoms with Crippen LogP contribution >= 0.6 is 11.7 Å². The number of hydrogen-bond acceptors (Lipinski definition) is 10. The highest BCUT2D eigenvalue weighted by Gasteiger charge is 2.20. The van der Waals surface area contributed by atoms with Gasteiger partial charge in [0.25, 0.3) is 10.0 Å². The second kappa shape index (κ2) is 8.89. The molecule has 2 N–H and O–H groups in total. The van der Waals surface area contributed by atoms with E-state index < -0.39 is 10.0 Å². The molecule has 5 rings (SSSR count). The van der Waals surface area contributed by atoms with Crippen molar-refractivity contribution >= 4 is 55.9 Å². The van der Waals surface area contributed by atoms with Crippen molar-refractivity contribution in [2.24, 2.45) is 0 Å². The fraction of sp³-hybridized carbons (Fsp3) is 0.238. The predicted molar refractivity (Wildman–Crippen MR) is 128 cm³/mol. The number of fused-ring (bicyclic) bond motifs is 1. The minimum Gasteiger partial charge on any atom is -0.378 e. The highest BCUT2D eigenvalue weighted by Crippen LogP contribution is 2.25. The molecule has 3 heterocycles.